The molecular formula is C19H28O2. The van der Waals surface area contributed by atoms with Gasteiger partial charge < -0.3 is 0 Å². The third-order valence-electron chi connectivity index (χ3n) is 8.12. The van der Waals surface area contributed by atoms with Crippen molar-refractivity contribution < 1.29 is 9.59 Å². The molecule has 0 aliphatic heterocycles. The molecule has 116 valence electrons. The summed E-state index contributed by atoms with van der Waals surface area (Å²) in [4.78, 5) is 24.5. The van der Waals surface area contributed by atoms with Crippen molar-refractivity contribution >= 4 is 11.6 Å². The van der Waals surface area contributed by atoms with Gasteiger partial charge in [-0.1, -0.05) is 13.8 Å². The lowest BCUT2D eigenvalue weighted by Crippen LogP contribution is -2.53. The first-order valence-corrected chi connectivity index (χ1v) is 9.00. The zero-order valence-electron chi connectivity index (χ0n) is 13.5. The molecule has 4 rings (SSSR count). The predicted octanol–water partition coefficient (Wildman–Crippen LogP) is 4.17. The van der Waals surface area contributed by atoms with Crippen molar-refractivity contribution in [1.82, 2.24) is 0 Å². The summed E-state index contributed by atoms with van der Waals surface area (Å²) in [5.74, 6) is 3.80. The summed E-state index contributed by atoms with van der Waals surface area (Å²) in [7, 11) is 0. The zero-order valence-corrected chi connectivity index (χ0v) is 13.5. The number of hydrogen-bond donors (Lipinski definition) is 0. The third-order valence-corrected chi connectivity index (χ3v) is 8.12. The van der Waals surface area contributed by atoms with Crippen molar-refractivity contribution in [2.24, 2.45) is 34.5 Å². The van der Waals surface area contributed by atoms with E-state index in [1.54, 1.807) is 0 Å². The Labute approximate surface area is 128 Å². The summed E-state index contributed by atoms with van der Waals surface area (Å²) in [6.07, 6.45) is 9.55. The van der Waals surface area contributed by atoms with Crippen LogP contribution >= 0.6 is 0 Å². The second-order valence-electron chi connectivity index (χ2n) is 8.83. The van der Waals surface area contributed by atoms with E-state index in [9.17, 15) is 9.59 Å². The van der Waals surface area contributed by atoms with Crippen LogP contribution in [0.5, 0.6) is 0 Å². The quantitative estimate of drug-likeness (QED) is 0.670. The Balaban J connectivity index is 1.67. The Hall–Kier alpha value is -0.660. The normalized spacial score (nSPS) is 53.0. The summed E-state index contributed by atoms with van der Waals surface area (Å²) in [6, 6.07) is 0. The molecule has 0 unspecified atom stereocenters. The highest BCUT2D eigenvalue weighted by Gasteiger charge is 2.60. The molecule has 0 aromatic rings. The number of Topliss-reactive ketones (excluding diaryl/α,β-unsaturated/α-hetero) is 2. The molecule has 4 saturated carbocycles. The van der Waals surface area contributed by atoms with E-state index in [0.29, 0.717) is 29.3 Å². The first kappa shape index (κ1) is 14.0. The van der Waals surface area contributed by atoms with Gasteiger partial charge >= 0.3 is 0 Å². The molecule has 4 aliphatic carbocycles. The average Bonchev–Trinajstić information content (AvgIpc) is 2.74. The fourth-order valence-electron chi connectivity index (χ4n) is 6.90. The van der Waals surface area contributed by atoms with Gasteiger partial charge in [0.1, 0.15) is 11.6 Å². The summed E-state index contributed by atoms with van der Waals surface area (Å²) < 4.78 is 0. The summed E-state index contributed by atoms with van der Waals surface area (Å²) in [5, 5.41) is 0. The number of hydrogen-bond acceptors (Lipinski definition) is 2. The highest BCUT2D eigenvalue weighted by atomic mass is 16.1. The Bertz CT molecular complexity index is 496. The van der Waals surface area contributed by atoms with Crippen LogP contribution in [0, 0.1) is 34.5 Å². The highest BCUT2D eigenvalue weighted by molar-refractivity contribution is 5.87. The van der Waals surface area contributed by atoms with E-state index in [2.05, 4.69) is 13.8 Å². The number of ketones is 2. The Morgan fingerprint density at radius 1 is 0.905 bits per heavy atom. The van der Waals surface area contributed by atoms with Crippen LogP contribution in [0.15, 0.2) is 0 Å². The topological polar surface area (TPSA) is 34.1 Å². The van der Waals surface area contributed by atoms with Gasteiger partial charge in [-0.25, -0.2) is 0 Å². The van der Waals surface area contributed by atoms with Crippen LogP contribution in [0.2, 0.25) is 0 Å². The maximum atomic E-state index is 12.4. The number of carbonyl (C=O) groups excluding carboxylic acids is 2. The maximum absolute atomic E-state index is 12.4. The number of carbonyl (C=O) groups is 2. The SMILES string of the molecule is C[C@@]12CC(=O)CC[C@@H]1CC[C@H]1[C@H]2CC[C@]2(C)C(=O)CC[C@@H]12. The molecule has 0 amide bonds. The molecule has 4 aliphatic rings. The van der Waals surface area contributed by atoms with E-state index < -0.39 is 0 Å². The van der Waals surface area contributed by atoms with Gasteiger partial charge in [0.15, 0.2) is 0 Å². The smallest absolute Gasteiger partial charge is 0.139 e. The van der Waals surface area contributed by atoms with Crippen LogP contribution in [-0.4, -0.2) is 11.6 Å². The van der Waals surface area contributed by atoms with Crippen molar-refractivity contribution in [3.8, 4) is 0 Å². The van der Waals surface area contributed by atoms with E-state index >= 15 is 0 Å². The van der Waals surface area contributed by atoms with E-state index in [1.807, 2.05) is 0 Å². The minimum Gasteiger partial charge on any atom is -0.300 e. The second-order valence-corrected chi connectivity index (χ2v) is 8.83. The first-order valence-electron chi connectivity index (χ1n) is 9.00. The second kappa shape index (κ2) is 4.43. The van der Waals surface area contributed by atoms with E-state index in [4.69, 9.17) is 0 Å². The first-order chi connectivity index (χ1) is 9.95. The number of rotatable bonds is 0. The van der Waals surface area contributed by atoms with Gasteiger partial charge in [0, 0.05) is 24.7 Å². The molecule has 2 heteroatoms. The van der Waals surface area contributed by atoms with Gasteiger partial charge in [0.25, 0.3) is 0 Å². The minimum atomic E-state index is -0.0248. The van der Waals surface area contributed by atoms with Crippen molar-refractivity contribution in [1.29, 1.82) is 0 Å². The molecule has 0 heterocycles. The van der Waals surface area contributed by atoms with Gasteiger partial charge in [-0.3, -0.25) is 9.59 Å². The van der Waals surface area contributed by atoms with E-state index in [1.165, 1.54) is 19.3 Å². The Morgan fingerprint density at radius 3 is 2.52 bits per heavy atom. The number of fused-ring (bicyclic) bond motifs is 5. The highest BCUT2D eigenvalue weighted by Crippen LogP contribution is 2.65. The molecule has 2 nitrogen and oxygen atoms in total. The van der Waals surface area contributed by atoms with E-state index in [-0.39, 0.29) is 10.8 Å². The monoisotopic (exact) mass is 288 g/mol. The zero-order chi connectivity index (χ0) is 14.8. The summed E-state index contributed by atoms with van der Waals surface area (Å²) in [6.45, 7) is 4.65. The standard InChI is InChI=1S/C19H28O2/c1-18-10-9-16-14(15(18)7-8-17(18)21)6-4-12-3-5-13(20)11-19(12,16)2/h12,14-16H,3-11H2,1-2H3/t12-,14-,15+,16-,18+,19-/m1/s1. The van der Waals surface area contributed by atoms with Gasteiger partial charge in [-0.15, -0.1) is 0 Å². The fraction of sp³-hybridized carbons (Fsp3) is 0.895. The van der Waals surface area contributed by atoms with Crippen LogP contribution < -0.4 is 0 Å². The van der Waals surface area contributed by atoms with Gasteiger partial charge in [-0.2, -0.15) is 0 Å². The van der Waals surface area contributed by atoms with Crippen molar-refractivity contribution in [3.05, 3.63) is 0 Å². The van der Waals surface area contributed by atoms with Crippen molar-refractivity contribution in [2.45, 2.75) is 71.6 Å². The van der Waals surface area contributed by atoms with Crippen molar-refractivity contribution in [3.63, 3.8) is 0 Å². The van der Waals surface area contributed by atoms with Crippen LogP contribution in [0.4, 0.5) is 0 Å². The third kappa shape index (κ3) is 1.77. The van der Waals surface area contributed by atoms with Gasteiger partial charge in [0.05, 0.1) is 0 Å². The summed E-state index contributed by atoms with van der Waals surface area (Å²) in [5.41, 5.74) is 0.217. The fourth-order valence-corrected chi connectivity index (χ4v) is 6.90. The molecule has 0 aromatic heterocycles. The largest absolute Gasteiger partial charge is 0.300 e. The average molecular weight is 288 g/mol. The molecule has 0 radical (unpaired) electrons. The maximum Gasteiger partial charge on any atom is 0.139 e. The minimum absolute atomic E-state index is 0.0248. The molecule has 6 atom stereocenters. The molecular weight excluding hydrogens is 260 g/mol. The molecule has 0 N–H and O–H groups in total. The lowest BCUT2D eigenvalue weighted by atomic mass is 9.45. The molecule has 0 aromatic carbocycles. The van der Waals surface area contributed by atoms with Crippen LogP contribution in [-0.2, 0) is 9.59 Å². The molecule has 21 heavy (non-hydrogen) atoms. The lowest BCUT2D eigenvalue weighted by molar-refractivity contribution is -0.146. The Kier molecular flexibility index (Phi) is 2.94. The lowest BCUT2D eigenvalue weighted by Gasteiger charge is -2.59. The Morgan fingerprint density at radius 2 is 1.71 bits per heavy atom. The molecule has 0 bridgehead atoms. The van der Waals surface area contributed by atoms with Gasteiger partial charge in [0.2, 0.25) is 0 Å². The van der Waals surface area contributed by atoms with Gasteiger partial charge in [-0.05, 0) is 67.6 Å². The van der Waals surface area contributed by atoms with Crippen LogP contribution in [0.25, 0.3) is 0 Å². The predicted molar refractivity (Wildman–Crippen MR) is 81.7 cm³/mol. The summed E-state index contributed by atoms with van der Waals surface area (Å²) >= 11 is 0. The molecule has 0 saturated heterocycles. The van der Waals surface area contributed by atoms with Crippen LogP contribution in [0.3, 0.4) is 0 Å². The molecule has 4 fully saturated rings. The van der Waals surface area contributed by atoms with E-state index in [0.717, 1.165) is 44.4 Å². The van der Waals surface area contributed by atoms with Crippen molar-refractivity contribution in [2.75, 3.05) is 0 Å². The van der Waals surface area contributed by atoms with Crippen LogP contribution in [0.1, 0.15) is 71.6 Å². The molecule has 0 spiro atoms.